The number of hydrogen-bond acceptors (Lipinski definition) is 5. The molecule has 132 valence electrons. The summed E-state index contributed by atoms with van der Waals surface area (Å²) in [5, 5.41) is 6.58. The third-order valence-corrected chi connectivity index (χ3v) is 4.29. The Morgan fingerprint density at radius 1 is 1.20 bits per heavy atom. The molecule has 2 heterocycles. The topological polar surface area (TPSA) is 70.2 Å². The lowest BCUT2D eigenvalue weighted by molar-refractivity contribution is 0.0955. The lowest BCUT2D eigenvalue weighted by Gasteiger charge is -2.17. The van der Waals surface area contributed by atoms with Crippen LogP contribution in [0.4, 0.5) is 11.8 Å². The number of rotatable bonds is 6. The number of benzene rings is 1. The second-order valence-corrected chi connectivity index (χ2v) is 6.51. The van der Waals surface area contributed by atoms with Crippen molar-refractivity contribution < 1.29 is 4.79 Å². The summed E-state index contributed by atoms with van der Waals surface area (Å²) in [5.41, 5.74) is 1.48. The highest BCUT2D eigenvalue weighted by atomic mass is 35.5. The van der Waals surface area contributed by atoms with Crippen LogP contribution in [0.2, 0.25) is 5.02 Å². The zero-order chi connectivity index (χ0) is 17.6. The maximum Gasteiger partial charge on any atom is 0.251 e. The van der Waals surface area contributed by atoms with Crippen LogP contribution in [-0.2, 0) is 0 Å². The Labute approximate surface area is 152 Å². The Morgan fingerprint density at radius 3 is 2.76 bits per heavy atom. The van der Waals surface area contributed by atoms with Gasteiger partial charge < -0.3 is 15.5 Å². The molecule has 2 N–H and O–H groups in total. The molecule has 0 bridgehead atoms. The number of carbonyl (C=O) groups excluding carboxylic acids is 1. The van der Waals surface area contributed by atoms with E-state index in [9.17, 15) is 4.79 Å². The average Bonchev–Trinajstić information content (AvgIpc) is 3.13. The quantitative estimate of drug-likeness (QED) is 0.776. The molecule has 1 aromatic heterocycles. The predicted octanol–water partition coefficient (Wildman–Crippen LogP) is 2.88. The zero-order valence-electron chi connectivity index (χ0n) is 14.3. The molecule has 1 aromatic carbocycles. The molecule has 1 saturated heterocycles. The Hall–Kier alpha value is -2.34. The third-order valence-electron chi connectivity index (χ3n) is 4.05. The summed E-state index contributed by atoms with van der Waals surface area (Å²) < 4.78 is 0. The highest BCUT2D eigenvalue weighted by Crippen LogP contribution is 2.19. The van der Waals surface area contributed by atoms with Crippen molar-refractivity contribution in [3.8, 4) is 0 Å². The number of aromatic nitrogens is 2. The molecule has 0 saturated carbocycles. The standard InChI is InChI=1S/C18H22ClN5O/c1-13-11-16(24-9-2-3-10-24)23-18(22-13)21-8-7-20-17(25)14-5-4-6-15(19)12-14/h4-6,11-12H,2-3,7-10H2,1H3,(H,20,25)(H,21,22,23). The van der Waals surface area contributed by atoms with Crippen molar-refractivity contribution in [3.63, 3.8) is 0 Å². The number of nitrogens with zero attached hydrogens (tertiary/aromatic N) is 3. The van der Waals surface area contributed by atoms with Crippen LogP contribution >= 0.6 is 11.6 Å². The lowest BCUT2D eigenvalue weighted by atomic mass is 10.2. The fourth-order valence-electron chi connectivity index (χ4n) is 2.82. The van der Waals surface area contributed by atoms with Crippen LogP contribution in [0.15, 0.2) is 30.3 Å². The third kappa shape index (κ3) is 4.82. The van der Waals surface area contributed by atoms with Gasteiger partial charge in [0.1, 0.15) is 5.82 Å². The summed E-state index contributed by atoms with van der Waals surface area (Å²) in [5.74, 6) is 1.42. The maximum atomic E-state index is 12.1. The minimum Gasteiger partial charge on any atom is -0.356 e. The molecular weight excluding hydrogens is 338 g/mol. The molecule has 0 unspecified atom stereocenters. The van der Waals surface area contributed by atoms with Crippen molar-refractivity contribution in [1.82, 2.24) is 15.3 Å². The molecule has 3 rings (SSSR count). The smallest absolute Gasteiger partial charge is 0.251 e. The van der Waals surface area contributed by atoms with E-state index in [2.05, 4.69) is 25.5 Å². The minimum absolute atomic E-state index is 0.146. The molecule has 25 heavy (non-hydrogen) atoms. The molecular formula is C18H22ClN5O. The van der Waals surface area contributed by atoms with Gasteiger partial charge in [-0.3, -0.25) is 4.79 Å². The molecule has 1 aliphatic heterocycles. The van der Waals surface area contributed by atoms with Gasteiger partial charge in [0.05, 0.1) is 0 Å². The van der Waals surface area contributed by atoms with Gasteiger partial charge in [0.25, 0.3) is 5.91 Å². The average molecular weight is 360 g/mol. The Balaban J connectivity index is 1.51. The van der Waals surface area contributed by atoms with Crippen LogP contribution in [0.25, 0.3) is 0 Å². The second kappa shape index (κ2) is 8.16. The molecule has 7 heteroatoms. The van der Waals surface area contributed by atoms with Crippen molar-refractivity contribution in [1.29, 1.82) is 0 Å². The van der Waals surface area contributed by atoms with Crippen molar-refractivity contribution in [3.05, 3.63) is 46.6 Å². The van der Waals surface area contributed by atoms with Crippen LogP contribution in [0.5, 0.6) is 0 Å². The van der Waals surface area contributed by atoms with E-state index in [4.69, 9.17) is 11.6 Å². The first-order chi connectivity index (χ1) is 12.1. The second-order valence-electron chi connectivity index (χ2n) is 6.08. The fraction of sp³-hybridized carbons (Fsp3) is 0.389. The predicted molar refractivity (Wildman–Crippen MR) is 100 cm³/mol. The summed E-state index contributed by atoms with van der Waals surface area (Å²) in [6.45, 7) is 5.08. The van der Waals surface area contributed by atoms with Crippen molar-refractivity contribution in [2.24, 2.45) is 0 Å². The number of nitrogens with one attached hydrogen (secondary N) is 2. The van der Waals surface area contributed by atoms with Crippen LogP contribution in [0.1, 0.15) is 28.9 Å². The van der Waals surface area contributed by atoms with E-state index in [1.807, 2.05) is 13.0 Å². The number of amides is 1. The first-order valence-electron chi connectivity index (χ1n) is 8.50. The van der Waals surface area contributed by atoms with Gasteiger partial charge in [-0.15, -0.1) is 0 Å². The number of carbonyl (C=O) groups is 1. The Kier molecular flexibility index (Phi) is 5.71. The van der Waals surface area contributed by atoms with E-state index >= 15 is 0 Å². The van der Waals surface area contributed by atoms with E-state index < -0.39 is 0 Å². The molecule has 1 fully saturated rings. The highest BCUT2D eigenvalue weighted by Gasteiger charge is 2.15. The molecule has 6 nitrogen and oxygen atoms in total. The van der Waals surface area contributed by atoms with Crippen LogP contribution in [0.3, 0.4) is 0 Å². The van der Waals surface area contributed by atoms with Gasteiger partial charge in [-0.05, 0) is 38.0 Å². The van der Waals surface area contributed by atoms with Crippen molar-refractivity contribution in [2.45, 2.75) is 19.8 Å². The van der Waals surface area contributed by atoms with Gasteiger partial charge >= 0.3 is 0 Å². The number of halogens is 1. The molecule has 2 aromatic rings. The van der Waals surface area contributed by atoms with Gasteiger partial charge in [0.2, 0.25) is 5.95 Å². The van der Waals surface area contributed by atoms with Crippen molar-refractivity contribution >= 4 is 29.3 Å². The van der Waals surface area contributed by atoms with Gasteiger partial charge in [-0.1, -0.05) is 17.7 Å². The molecule has 0 atom stereocenters. The Morgan fingerprint density at radius 2 is 2.00 bits per heavy atom. The van der Waals surface area contributed by atoms with Crippen LogP contribution in [-0.4, -0.2) is 42.1 Å². The van der Waals surface area contributed by atoms with Crippen molar-refractivity contribution in [2.75, 3.05) is 36.4 Å². The van der Waals surface area contributed by atoms with Gasteiger partial charge in [0.15, 0.2) is 0 Å². The summed E-state index contributed by atoms with van der Waals surface area (Å²) in [6, 6.07) is 8.90. The number of aryl methyl sites for hydroxylation is 1. The minimum atomic E-state index is -0.146. The normalized spacial score (nSPS) is 13.8. The summed E-state index contributed by atoms with van der Waals surface area (Å²) in [6.07, 6.45) is 2.42. The molecule has 1 aliphatic rings. The first-order valence-corrected chi connectivity index (χ1v) is 8.88. The summed E-state index contributed by atoms with van der Waals surface area (Å²) >= 11 is 5.90. The van der Waals surface area contributed by atoms with Crippen LogP contribution < -0.4 is 15.5 Å². The number of anilines is 2. The SMILES string of the molecule is Cc1cc(N2CCCC2)nc(NCCNC(=O)c2cccc(Cl)c2)n1. The van der Waals surface area contributed by atoms with E-state index in [1.54, 1.807) is 24.3 Å². The summed E-state index contributed by atoms with van der Waals surface area (Å²) in [4.78, 5) is 23.3. The summed E-state index contributed by atoms with van der Waals surface area (Å²) in [7, 11) is 0. The van der Waals surface area contributed by atoms with E-state index in [-0.39, 0.29) is 5.91 Å². The Bertz CT molecular complexity index is 746. The van der Waals surface area contributed by atoms with Gasteiger partial charge in [-0.25, -0.2) is 4.98 Å². The highest BCUT2D eigenvalue weighted by molar-refractivity contribution is 6.30. The molecule has 1 amide bonds. The lowest BCUT2D eigenvalue weighted by Crippen LogP contribution is -2.29. The van der Waals surface area contributed by atoms with E-state index in [0.29, 0.717) is 29.6 Å². The molecule has 0 radical (unpaired) electrons. The molecule has 0 spiro atoms. The van der Waals surface area contributed by atoms with Gasteiger partial charge in [-0.2, -0.15) is 4.98 Å². The fourth-order valence-corrected chi connectivity index (χ4v) is 3.01. The largest absolute Gasteiger partial charge is 0.356 e. The monoisotopic (exact) mass is 359 g/mol. The van der Waals surface area contributed by atoms with E-state index in [0.717, 1.165) is 24.6 Å². The zero-order valence-corrected chi connectivity index (χ0v) is 15.0. The first kappa shape index (κ1) is 17.5. The molecule has 0 aliphatic carbocycles. The maximum absolute atomic E-state index is 12.1. The van der Waals surface area contributed by atoms with Crippen LogP contribution in [0, 0.1) is 6.92 Å². The van der Waals surface area contributed by atoms with Gasteiger partial charge in [0, 0.05) is 48.5 Å². The van der Waals surface area contributed by atoms with E-state index in [1.165, 1.54) is 12.8 Å². The number of hydrogen-bond donors (Lipinski definition) is 2.